The first-order valence-electron chi connectivity index (χ1n) is 7.49. The van der Waals surface area contributed by atoms with Crippen molar-refractivity contribution >= 4 is 52.1 Å². The zero-order valence-electron chi connectivity index (χ0n) is 13.7. The van der Waals surface area contributed by atoms with Crippen molar-refractivity contribution in [2.24, 2.45) is 5.73 Å². The van der Waals surface area contributed by atoms with Crippen LogP contribution < -0.4 is 16.4 Å². The highest BCUT2D eigenvalue weighted by molar-refractivity contribution is 6.36. The third kappa shape index (κ3) is 4.89. The summed E-state index contributed by atoms with van der Waals surface area (Å²) in [7, 11) is 1.54. The minimum atomic E-state index is -0.811. The Morgan fingerprint density at radius 1 is 1.04 bits per heavy atom. The van der Waals surface area contributed by atoms with E-state index in [1.54, 1.807) is 44.3 Å². The molecule has 0 aliphatic rings. The van der Waals surface area contributed by atoms with E-state index in [1.165, 1.54) is 0 Å². The molecule has 0 aliphatic carbocycles. The molecule has 0 spiro atoms. The van der Waals surface area contributed by atoms with E-state index in [0.717, 1.165) is 5.56 Å². The van der Waals surface area contributed by atoms with Crippen LogP contribution in [0.4, 0.5) is 5.69 Å². The number of amides is 1. The number of hydrogen-bond acceptors (Lipinski definition) is 3. The summed E-state index contributed by atoms with van der Waals surface area (Å²) in [5.74, 6) is -0.284. The number of rotatable bonds is 5. The van der Waals surface area contributed by atoms with E-state index in [9.17, 15) is 4.79 Å². The minimum absolute atomic E-state index is 0.284. The molecule has 0 radical (unpaired) electrons. The van der Waals surface area contributed by atoms with E-state index in [1.807, 2.05) is 12.1 Å². The van der Waals surface area contributed by atoms with Gasteiger partial charge in [0.2, 0.25) is 5.91 Å². The van der Waals surface area contributed by atoms with E-state index < -0.39 is 6.04 Å². The Labute approximate surface area is 161 Å². The number of nitrogens with one attached hydrogen (secondary N) is 2. The number of nitrogens with two attached hydrogens (primary N) is 1. The molecule has 4 nitrogen and oxygen atoms in total. The number of hydrogen-bond donors (Lipinski definition) is 3. The van der Waals surface area contributed by atoms with Gasteiger partial charge in [0, 0.05) is 22.8 Å². The normalized spacial score (nSPS) is 13.0. The van der Waals surface area contributed by atoms with Gasteiger partial charge >= 0.3 is 0 Å². The van der Waals surface area contributed by atoms with Crippen LogP contribution in [0.25, 0.3) is 5.70 Å². The Balaban J connectivity index is 2.52. The number of carbonyl (C=O) groups is 1. The summed E-state index contributed by atoms with van der Waals surface area (Å²) in [5.41, 5.74) is 8.88. The summed E-state index contributed by atoms with van der Waals surface area (Å²) in [6, 6.07) is 11.5. The first-order valence-corrected chi connectivity index (χ1v) is 8.63. The van der Waals surface area contributed by atoms with Crippen LogP contribution in [0.1, 0.15) is 12.5 Å². The van der Waals surface area contributed by atoms with Crippen molar-refractivity contribution in [2.75, 3.05) is 12.4 Å². The SMILES string of the molecule is CNC(=O)C(N)/C(C)=C(\Nc1ccc(Cl)cc1Cl)c1ccc(Cl)cc1. The van der Waals surface area contributed by atoms with Gasteiger partial charge in [0.25, 0.3) is 0 Å². The molecule has 1 atom stereocenters. The van der Waals surface area contributed by atoms with Gasteiger partial charge in [-0.2, -0.15) is 0 Å². The predicted molar refractivity (Wildman–Crippen MR) is 106 cm³/mol. The van der Waals surface area contributed by atoms with Crippen LogP contribution in [0, 0.1) is 0 Å². The molecule has 1 amide bonds. The second kappa shape index (κ2) is 8.59. The molecule has 7 heteroatoms. The van der Waals surface area contributed by atoms with Crippen molar-refractivity contribution in [3.8, 4) is 0 Å². The number of halogens is 3. The second-order valence-electron chi connectivity index (χ2n) is 5.41. The van der Waals surface area contributed by atoms with Gasteiger partial charge in [-0.1, -0.05) is 46.9 Å². The van der Waals surface area contributed by atoms with Gasteiger partial charge in [-0.3, -0.25) is 4.79 Å². The van der Waals surface area contributed by atoms with Crippen LogP contribution in [-0.4, -0.2) is 19.0 Å². The Morgan fingerprint density at radius 2 is 1.64 bits per heavy atom. The first kappa shape index (κ1) is 19.6. The summed E-state index contributed by atoms with van der Waals surface area (Å²) in [6.07, 6.45) is 0. The third-order valence-electron chi connectivity index (χ3n) is 3.71. The van der Waals surface area contributed by atoms with Gasteiger partial charge < -0.3 is 16.4 Å². The van der Waals surface area contributed by atoms with Crippen LogP contribution in [0.5, 0.6) is 0 Å². The van der Waals surface area contributed by atoms with Gasteiger partial charge in [0.1, 0.15) is 6.04 Å². The summed E-state index contributed by atoms with van der Waals surface area (Å²) in [4.78, 5) is 11.9. The molecule has 4 N–H and O–H groups in total. The average molecular weight is 399 g/mol. The monoisotopic (exact) mass is 397 g/mol. The summed E-state index contributed by atoms with van der Waals surface area (Å²) >= 11 is 18.2. The fourth-order valence-corrected chi connectivity index (χ4v) is 2.83. The molecule has 2 rings (SSSR count). The standard InChI is InChI=1S/C18H18Cl3N3O/c1-10(16(22)18(25)23-2)17(11-3-5-12(19)6-4-11)24-15-8-7-13(20)9-14(15)21/h3-9,16,24H,22H2,1-2H3,(H,23,25)/b17-10-. The van der Waals surface area contributed by atoms with Gasteiger partial charge in [0.15, 0.2) is 0 Å². The Morgan fingerprint density at radius 3 is 2.20 bits per heavy atom. The molecular formula is C18H18Cl3N3O. The lowest BCUT2D eigenvalue weighted by atomic mass is 10.0. The highest BCUT2D eigenvalue weighted by atomic mass is 35.5. The maximum atomic E-state index is 11.9. The fraction of sp³-hybridized carbons (Fsp3) is 0.167. The van der Waals surface area contributed by atoms with Gasteiger partial charge in [-0.05, 0) is 48.4 Å². The van der Waals surface area contributed by atoms with Crippen LogP contribution in [-0.2, 0) is 4.79 Å². The predicted octanol–water partition coefficient (Wildman–Crippen LogP) is 4.56. The van der Waals surface area contributed by atoms with Gasteiger partial charge in [-0.25, -0.2) is 0 Å². The third-order valence-corrected chi connectivity index (χ3v) is 4.51. The zero-order chi connectivity index (χ0) is 18.6. The Kier molecular flexibility index (Phi) is 6.73. The molecule has 0 aliphatic heterocycles. The fourth-order valence-electron chi connectivity index (χ4n) is 2.25. The van der Waals surface area contributed by atoms with E-state index >= 15 is 0 Å². The Hall–Kier alpha value is -1.72. The van der Waals surface area contributed by atoms with E-state index in [2.05, 4.69) is 10.6 Å². The maximum absolute atomic E-state index is 11.9. The smallest absolute Gasteiger partial charge is 0.240 e. The summed E-state index contributed by atoms with van der Waals surface area (Å²) in [5, 5.41) is 7.41. The van der Waals surface area contributed by atoms with Crippen LogP contribution in [0.15, 0.2) is 48.0 Å². The average Bonchev–Trinajstić information content (AvgIpc) is 2.60. The molecule has 0 bridgehead atoms. The van der Waals surface area contributed by atoms with Crippen molar-refractivity contribution in [1.82, 2.24) is 5.32 Å². The maximum Gasteiger partial charge on any atom is 0.240 e. The summed E-state index contributed by atoms with van der Waals surface area (Å²) < 4.78 is 0. The molecule has 2 aromatic rings. The van der Waals surface area contributed by atoms with E-state index in [0.29, 0.717) is 32.0 Å². The largest absolute Gasteiger partial charge is 0.358 e. The van der Waals surface area contributed by atoms with Crippen molar-refractivity contribution in [1.29, 1.82) is 0 Å². The molecular weight excluding hydrogens is 381 g/mol. The van der Waals surface area contributed by atoms with Crippen LogP contribution >= 0.6 is 34.8 Å². The lowest BCUT2D eigenvalue weighted by Gasteiger charge is -2.20. The lowest BCUT2D eigenvalue weighted by molar-refractivity contribution is -0.121. The quantitative estimate of drug-likeness (QED) is 0.691. The number of benzene rings is 2. The molecule has 132 valence electrons. The number of likely N-dealkylation sites (N-methyl/N-ethyl adjacent to an activating group) is 1. The molecule has 0 saturated heterocycles. The van der Waals surface area contributed by atoms with Crippen LogP contribution in [0.2, 0.25) is 15.1 Å². The molecule has 2 aromatic carbocycles. The van der Waals surface area contributed by atoms with Crippen molar-refractivity contribution in [2.45, 2.75) is 13.0 Å². The molecule has 25 heavy (non-hydrogen) atoms. The highest BCUT2D eigenvalue weighted by Gasteiger charge is 2.19. The minimum Gasteiger partial charge on any atom is -0.358 e. The van der Waals surface area contributed by atoms with Gasteiger partial charge in [-0.15, -0.1) is 0 Å². The number of carbonyl (C=O) groups excluding carboxylic acids is 1. The molecule has 0 saturated carbocycles. The molecule has 1 unspecified atom stereocenters. The van der Waals surface area contributed by atoms with Gasteiger partial charge in [0.05, 0.1) is 10.7 Å². The van der Waals surface area contributed by atoms with E-state index in [-0.39, 0.29) is 5.91 Å². The lowest BCUT2D eigenvalue weighted by Crippen LogP contribution is -2.40. The highest BCUT2D eigenvalue weighted by Crippen LogP contribution is 2.30. The van der Waals surface area contributed by atoms with Crippen molar-refractivity contribution in [3.05, 3.63) is 68.7 Å². The van der Waals surface area contributed by atoms with Crippen molar-refractivity contribution in [3.63, 3.8) is 0 Å². The topological polar surface area (TPSA) is 67.2 Å². The first-order chi connectivity index (χ1) is 11.8. The van der Waals surface area contributed by atoms with E-state index in [4.69, 9.17) is 40.5 Å². The van der Waals surface area contributed by atoms with Crippen LogP contribution in [0.3, 0.4) is 0 Å². The molecule has 0 aromatic heterocycles. The number of anilines is 1. The zero-order valence-corrected chi connectivity index (χ0v) is 16.0. The molecule has 0 heterocycles. The van der Waals surface area contributed by atoms with Crippen molar-refractivity contribution < 1.29 is 4.79 Å². The molecule has 0 fully saturated rings. The Bertz CT molecular complexity index is 804. The second-order valence-corrected chi connectivity index (χ2v) is 6.69. The summed E-state index contributed by atoms with van der Waals surface area (Å²) in [6.45, 7) is 1.79.